The number of rotatable bonds is 4. The van der Waals surface area contributed by atoms with E-state index in [0.29, 0.717) is 0 Å². The average molecular weight is 317 g/mol. The SMILES string of the molecule is CCc1ncc(-c2ccccc2)c2cc(C3(C(N)=O)CC3)ncc12. The number of aromatic nitrogens is 2. The molecular formula is C20H19N3O. The van der Waals surface area contributed by atoms with E-state index in [1.807, 2.05) is 36.7 Å². The number of nitrogens with two attached hydrogens (primary N) is 1. The summed E-state index contributed by atoms with van der Waals surface area (Å²) in [6, 6.07) is 12.2. The van der Waals surface area contributed by atoms with Gasteiger partial charge in [-0.05, 0) is 36.3 Å². The van der Waals surface area contributed by atoms with E-state index >= 15 is 0 Å². The van der Waals surface area contributed by atoms with Gasteiger partial charge in [0.2, 0.25) is 5.91 Å². The Morgan fingerprint density at radius 3 is 2.50 bits per heavy atom. The summed E-state index contributed by atoms with van der Waals surface area (Å²) in [6.07, 6.45) is 6.18. The fraction of sp³-hybridized carbons (Fsp3) is 0.250. The van der Waals surface area contributed by atoms with Crippen LogP contribution in [0, 0.1) is 0 Å². The van der Waals surface area contributed by atoms with Crippen molar-refractivity contribution in [3.63, 3.8) is 0 Å². The van der Waals surface area contributed by atoms with Crippen LogP contribution in [0.5, 0.6) is 0 Å². The molecule has 0 atom stereocenters. The van der Waals surface area contributed by atoms with E-state index in [1.54, 1.807) is 0 Å². The van der Waals surface area contributed by atoms with Crippen LogP contribution in [0.2, 0.25) is 0 Å². The van der Waals surface area contributed by atoms with Gasteiger partial charge in [-0.15, -0.1) is 0 Å². The number of fused-ring (bicyclic) bond motifs is 1. The minimum atomic E-state index is -0.572. The summed E-state index contributed by atoms with van der Waals surface area (Å²) >= 11 is 0. The molecule has 1 saturated carbocycles. The van der Waals surface area contributed by atoms with Gasteiger partial charge in [0, 0.05) is 29.0 Å². The summed E-state index contributed by atoms with van der Waals surface area (Å²) in [5.41, 5.74) is 9.03. The molecule has 120 valence electrons. The maximum absolute atomic E-state index is 11.9. The highest BCUT2D eigenvalue weighted by Crippen LogP contribution is 2.48. The molecule has 0 bridgehead atoms. The smallest absolute Gasteiger partial charge is 0.229 e. The Balaban J connectivity index is 1.98. The molecule has 1 aliphatic rings. The normalized spacial score (nSPS) is 15.4. The zero-order valence-corrected chi connectivity index (χ0v) is 13.6. The van der Waals surface area contributed by atoms with Gasteiger partial charge in [0.05, 0.1) is 11.1 Å². The molecule has 0 unspecified atom stereocenters. The molecule has 0 aliphatic heterocycles. The number of nitrogens with zero attached hydrogens (tertiary/aromatic N) is 2. The van der Waals surface area contributed by atoms with E-state index in [0.717, 1.165) is 52.5 Å². The number of carbonyl (C=O) groups is 1. The molecule has 2 aromatic heterocycles. The van der Waals surface area contributed by atoms with E-state index in [1.165, 1.54) is 0 Å². The first-order valence-corrected chi connectivity index (χ1v) is 8.29. The topological polar surface area (TPSA) is 68.9 Å². The van der Waals surface area contributed by atoms with Crippen molar-refractivity contribution in [3.8, 4) is 11.1 Å². The quantitative estimate of drug-likeness (QED) is 0.802. The Bertz CT molecular complexity index is 930. The molecule has 1 aliphatic carbocycles. The fourth-order valence-corrected chi connectivity index (χ4v) is 3.33. The molecular weight excluding hydrogens is 298 g/mol. The molecule has 1 amide bonds. The molecule has 1 fully saturated rings. The lowest BCUT2D eigenvalue weighted by atomic mass is 9.95. The number of amides is 1. The largest absolute Gasteiger partial charge is 0.369 e. The van der Waals surface area contributed by atoms with Crippen LogP contribution in [0.25, 0.3) is 21.9 Å². The third-order valence-corrected chi connectivity index (χ3v) is 4.99. The lowest BCUT2D eigenvalue weighted by molar-refractivity contribution is -0.120. The fourth-order valence-electron chi connectivity index (χ4n) is 3.33. The molecule has 2 heterocycles. The minimum absolute atomic E-state index is 0.277. The minimum Gasteiger partial charge on any atom is -0.369 e. The molecule has 1 aromatic carbocycles. The summed E-state index contributed by atoms with van der Waals surface area (Å²) in [4.78, 5) is 21.0. The van der Waals surface area contributed by atoms with Crippen molar-refractivity contribution in [1.29, 1.82) is 0 Å². The highest BCUT2D eigenvalue weighted by molar-refractivity contribution is 5.98. The molecule has 4 nitrogen and oxygen atoms in total. The lowest BCUT2D eigenvalue weighted by Gasteiger charge is -2.14. The number of aryl methyl sites for hydroxylation is 1. The van der Waals surface area contributed by atoms with Crippen molar-refractivity contribution in [3.05, 3.63) is 60.2 Å². The molecule has 0 spiro atoms. The summed E-state index contributed by atoms with van der Waals surface area (Å²) in [5, 5.41) is 2.13. The molecule has 0 saturated heterocycles. The second kappa shape index (κ2) is 5.41. The van der Waals surface area contributed by atoms with Gasteiger partial charge in [-0.2, -0.15) is 0 Å². The molecule has 0 radical (unpaired) electrons. The first-order valence-electron chi connectivity index (χ1n) is 8.29. The maximum atomic E-state index is 11.9. The van der Waals surface area contributed by atoms with Gasteiger partial charge in [-0.1, -0.05) is 37.3 Å². The predicted octanol–water partition coefficient (Wildman–Crippen LogP) is 3.38. The maximum Gasteiger partial charge on any atom is 0.229 e. The van der Waals surface area contributed by atoms with Gasteiger partial charge < -0.3 is 5.73 Å². The van der Waals surface area contributed by atoms with E-state index in [-0.39, 0.29) is 5.91 Å². The first-order chi connectivity index (χ1) is 11.7. The van der Waals surface area contributed by atoms with Crippen molar-refractivity contribution in [1.82, 2.24) is 9.97 Å². The number of primary amides is 1. The van der Waals surface area contributed by atoms with Gasteiger partial charge in [-0.25, -0.2) is 0 Å². The Morgan fingerprint density at radius 2 is 1.88 bits per heavy atom. The van der Waals surface area contributed by atoms with Crippen molar-refractivity contribution in [2.24, 2.45) is 5.73 Å². The van der Waals surface area contributed by atoms with E-state index in [2.05, 4.69) is 29.0 Å². The first kappa shape index (κ1) is 14.8. The van der Waals surface area contributed by atoms with Crippen LogP contribution in [-0.4, -0.2) is 15.9 Å². The van der Waals surface area contributed by atoms with Crippen LogP contribution < -0.4 is 5.73 Å². The van der Waals surface area contributed by atoms with Gasteiger partial charge in [0.15, 0.2) is 0 Å². The average Bonchev–Trinajstić information content (AvgIpc) is 3.43. The van der Waals surface area contributed by atoms with Crippen LogP contribution in [-0.2, 0) is 16.6 Å². The van der Waals surface area contributed by atoms with Crippen molar-refractivity contribution >= 4 is 16.7 Å². The second-order valence-corrected chi connectivity index (χ2v) is 6.40. The Labute approximate surface area is 140 Å². The number of carbonyl (C=O) groups excluding carboxylic acids is 1. The Hall–Kier alpha value is -2.75. The molecule has 2 N–H and O–H groups in total. The summed E-state index contributed by atoms with van der Waals surface area (Å²) in [7, 11) is 0. The molecule has 3 aromatic rings. The third kappa shape index (κ3) is 2.18. The number of hydrogen-bond donors (Lipinski definition) is 1. The third-order valence-electron chi connectivity index (χ3n) is 4.99. The van der Waals surface area contributed by atoms with Crippen LogP contribution in [0.15, 0.2) is 48.8 Å². The van der Waals surface area contributed by atoms with E-state index in [9.17, 15) is 4.79 Å². The summed E-state index contributed by atoms with van der Waals surface area (Å²) < 4.78 is 0. The van der Waals surface area contributed by atoms with Gasteiger partial charge >= 0.3 is 0 Å². The Morgan fingerprint density at radius 1 is 1.12 bits per heavy atom. The van der Waals surface area contributed by atoms with Crippen molar-refractivity contribution in [2.45, 2.75) is 31.6 Å². The van der Waals surface area contributed by atoms with Crippen molar-refractivity contribution in [2.75, 3.05) is 0 Å². The van der Waals surface area contributed by atoms with Crippen LogP contribution >= 0.6 is 0 Å². The van der Waals surface area contributed by atoms with Crippen LogP contribution in [0.1, 0.15) is 31.2 Å². The molecule has 24 heavy (non-hydrogen) atoms. The van der Waals surface area contributed by atoms with Crippen LogP contribution in [0.4, 0.5) is 0 Å². The molecule has 4 rings (SSSR count). The van der Waals surface area contributed by atoms with Crippen LogP contribution in [0.3, 0.4) is 0 Å². The number of pyridine rings is 2. The standard InChI is InChI=1S/C20H19N3O/c1-2-17-16-12-23-18(20(8-9-20)19(21)24)10-14(16)15(11-22-17)13-6-4-3-5-7-13/h3-7,10-12H,2,8-9H2,1H3,(H2,21,24). The zero-order chi connectivity index (χ0) is 16.7. The predicted molar refractivity (Wildman–Crippen MR) is 94.5 cm³/mol. The van der Waals surface area contributed by atoms with Gasteiger partial charge in [0.25, 0.3) is 0 Å². The molecule has 4 heteroatoms. The lowest BCUT2D eigenvalue weighted by Crippen LogP contribution is -2.29. The monoisotopic (exact) mass is 317 g/mol. The zero-order valence-electron chi connectivity index (χ0n) is 13.6. The highest BCUT2D eigenvalue weighted by Gasteiger charge is 2.51. The second-order valence-electron chi connectivity index (χ2n) is 6.40. The highest BCUT2D eigenvalue weighted by atomic mass is 16.1. The van der Waals surface area contributed by atoms with E-state index in [4.69, 9.17) is 5.73 Å². The summed E-state index contributed by atoms with van der Waals surface area (Å²) in [6.45, 7) is 2.09. The Kier molecular flexibility index (Phi) is 3.34. The van der Waals surface area contributed by atoms with Gasteiger partial charge in [0.1, 0.15) is 0 Å². The summed E-state index contributed by atoms with van der Waals surface area (Å²) in [5.74, 6) is -0.277. The van der Waals surface area contributed by atoms with Gasteiger partial charge in [-0.3, -0.25) is 14.8 Å². The van der Waals surface area contributed by atoms with Crippen molar-refractivity contribution < 1.29 is 4.79 Å². The van der Waals surface area contributed by atoms with E-state index < -0.39 is 5.41 Å². The number of hydrogen-bond acceptors (Lipinski definition) is 3. The number of benzene rings is 1.